The molecule has 2 aliphatic carbocycles. The first-order valence-electron chi connectivity index (χ1n) is 11.4. The first kappa shape index (κ1) is 24.1. The van der Waals surface area contributed by atoms with Crippen LogP contribution in [0.15, 0.2) is 29.3 Å². The minimum Gasteiger partial charge on any atom is -0.484 e. The number of carbonyl (C=O) groups excluding carboxylic acids is 1. The van der Waals surface area contributed by atoms with Gasteiger partial charge in [-0.1, -0.05) is 18.6 Å². The van der Waals surface area contributed by atoms with Crippen molar-refractivity contribution < 1.29 is 9.53 Å². The smallest absolute Gasteiger partial charge is 0.255 e. The van der Waals surface area contributed by atoms with Crippen molar-refractivity contribution in [3.8, 4) is 5.75 Å². The maximum Gasteiger partial charge on any atom is 0.255 e. The number of hydrogen-bond acceptors (Lipinski definition) is 4. The second-order valence-corrected chi connectivity index (χ2v) is 8.84. The molecule has 2 saturated carbocycles. The fraction of sp³-hybridized carbons (Fsp3) is 0.652. The zero-order valence-electron chi connectivity index (χ0n) is 18.5. The van der Waals surface area contributed by atoms with E-state index in [4.69, 9.17) is 15.5 Å². The van der Waals surface area contributed by atoms with E-state index < -0.39 is 5.91 Å². The molecular formula is C23H36IN5O2. The Kier molecular flexibility index (Phi) is 8.83. The molecule has 8 heteroatoms. The predicted octanol–water partition coefficient (Wildman–Crippen LogP) is 2.44. The van der Waals surface area contributed by atoms with Crippen molar-refractivity contribution in [1.82, 2.24) is 15.1 Å². The number of amides is 1. The quantitative estimate of drug-likeness (QED) is 0.315. The number of halogens is 1. The van der Waals surface area contributed by atoms with Crippen LogP contribution in [0.5, 0.6) is 5.75 Å². The molecule has 2 bridgehead atoms. The predicted molar refractivity (Wildman–Crippen MR) is 134 cm³/mol. The van der Waals surface area contributed by atoms with Gasteiger partial charge in [0.1, 0.15) is 5.75 Å². The van der Waals surface area contributed by atoms with Crippen molar-refractivity contribution in [1.29, 1.82) is 0 Å². The molecule has 1 amide bonds. The van der Waals surface area contributed by atoms with Gasteiger partial charge in [-0.05, 0) is 55.7 Å². The van der Waals surface area contributed by atoms with Crippen LogP contribution in [0, 0.1) is 11.8 Å². The molecule has 172 valence electrons. The van der Waals surface area contributed by atoms with Crippen LogP contribution in [0.25, 0.3) is 0 Å². The van der Waals surface area contributed by atoms with Crippen LogP contribution in [-0.4, -0.2) is 67.0 Å². The molecule has 1 aliphatic heterocycles. The number of piperazine rings is 1. The number of primary amides is 1. The van der Waals surface area contributed by atoms with Gasteiger partial charge in [-0.2, -0.15) is 0 Å². The van der Waals surface area contributed by atoms with Gasteiger partial charge in [0.15, 0.2) is 12.6 Å². The van der Waals surface area contributed by atoms with Crippen LogP contribution in [0.3, 0.4) is 0 Å². The molecule has 3 N–H and O–H groups in total. The van der Waals surface area contributed by atoms with Crippen molar-refractivity contribution in [2.45, 2.75) is 45.2 Å². The van der Waals surface area contributed by atoms with Crippen LogP contribution in [-0.2, 0) is 11.3 Å². The summed E-state index contributed by atoms with van der Waals surface area (Å²) in [5.41, 5.74) is 6.21. The van der Waals surface area contributed by atoms with E-state index in [2.05, 4.69) is 22.0 Å². The number of guanidine groups is 1. The maximum atomic E-state index is 10.9. The molecule has 3 atom stereocenters. The third kappa shape index (κ3) is 6.25. The summed E-state index contributed by atoms with van der Waals surface area (Å²) in [5, 5.41) is 3.45. The highest BCUT2D eigenvalue weighted by atomic mass is 127. The number of hydrogen-bond donors (Lipinski definition) is 2. The number of nitrogens with one attached hydrogen (secondary N) is 1. The largest absolute Gasteiger partial charge is 0.484 e. The van der Waals surface area contributed by atoms with Crippen LogP contribution in [0.4, 0.5) is 0 Å². The van der Waals surface area contributed by atoms with Crippen LogP contribution >= 0.6 is 24.0 Å². The van der Waals surface area contributed by atoms with Crippen LogP contribution in [0.2, 0.25) is 0 Å². The minimum atomic E-state index is -0.475. The van der Waals surface area contributed by atoms with Gasteiger partial charge >= 0.3 is 0 Å². The molecule has 3 aliphatic rings. The number of rotatable bonds is 7. The number of carbonyl (C=O) groups is 1. The number of fused-ring (bicyclic) bond motifs is 2. The Hall–Kier alpha value is -1.55. The van der Waals surface area contributed by atoms with E-state index in [1.807, 2.05) is 24.3 Å². The third-order valence-electron chi connectivity index (χ3n) is 6.81. The Morgan fingerprint density at radius 2 is 2.03 bits per heavy atom. The molecule has 1 aromatic rings. The fourth-order valence-corrected chi connectivity index (χ4v) is 5.40. The maximum absolute atomic E-state index is 10.9. The fourth-order valence-electron chi connectivity index (χ4n) is 5.40. The van der Waals surface area contributed by atoms with Crippen molar-refractivity contribution in [3.63, 3.8) is 0 Å². The zero-order valence-corrected chi connectivity index (χ0v) is 20.8. The molecule has 1 heterocycles. The first-order valence-corrected chi connectivity index (χ1v) is 11.4. The summed E-state index contributed by atoms with van der Waals surface area (Å²) >= 11 is 0. The molecule has 31 heavy (non-hydrogen) atoms. The number of aliphatic imine (C=N–C) groups is 1. The molecule has 0 spiro atoms. The van der Waals surface area contributed by atoms with Crippen molar-refractivity contribution in [2.24, 2.45) is 22.6 Å². The molecule has 4 rings (SSSR count). The SMILES string of the molecule is CCNC(=NCc1cccc(OCC(N)=O)c1)N1CCN(C2CC3CCC2C3)CC1.I. The van der Waals surface area contributed by atoms with Crippen molar-refractivity contribution >= 4 is 35.8 Å². The van der Waals surface area contributed by atoms with Gasteiger partial charge < -0.3 is 20.7 Å². The molecule has 0 radical (unpaired) electrons. The highest BCUT2D eigenvalue weighted by Gasteiger charge is 2.42. The van der Waals surface area contributed by atoms with Crippen LogP contribution < -0.4 is 15.8 Å². The molecule has 3 fully saturated rings. The van der Waals surface area contributed by atoms with E-state index in [-0.39, 0.29) is 30.6 Å². The lowest BCUT2D eigenvalue weighted by Crippen LogP contribution is -2.55. The highest BCUT2D eigenvalue weighted by molar-refractivity contribution is 14.0. The average molecular weight is 541 g/mol. The summed E-state index contributed by atoms with van der Waals surface area (Å²) in [6, 6.07) is 8.52. The Balaban J connectivity index is 0.00000272. The lowest BCUT2D eigenvalue weighted by molar-refractivity contribution is -0.119. The molecule has 1 saturated heterocycles. The van der Waals surface area contributed by atoms with E-state index in [0.717, 1.165) is 62.1 Å². The summed E-state index contributed by atoms with van der Waals surface area (Å²) < 4.78 is 5.41. The van der Waals surface area contributed by atoms with Crippen LogP contribution in [0.1, 0.15) is 38.2 Å². The number of nitrogens with zero attached hydrogens (tertiary/aromatic N) is 3. The van der Waals surface area contributed by atoms with Gasteiger partial charge in [0, 0.05) is 38.8 Å². The standard InChI is InChI=1S/C23H35N5O2.HI/c1-2-25-23(26-15-18-4-3-5-20(13-18)30-16-22(24)29)28-10-8-27(9-11-28)21-14-17-6-7-19(21)12-17;/h3-5,13,17,19,21H,2,6-12,14-16H2,1H3,(H2,24,29)(H,25,26);1H. The van der Waals surface area contributed by atoms with E-state index in [1.165, 1.54) is 25.7 Å². The van der Waals surface area contributed by atoms with E-state index in [9.17, 15) is 4.79 Å². The van der Waals surface area contributed by atoms with Gasteiger partial charge in [0.2, 0.25) is 0 Å². The van der Waals surface area contributed by atoms with Gasteiger partial charge in [0.25, 0.3) is 5.91 Å². The normalized spacial score (nSPS) is 25.9. The molecule has 3 unspecified atom stereocenters. The average Bonchev–Trinajstić information content (AvgIpc) is 3.39. The Morgan fingerprint density at radius 1 is 1.23 bits per heavy atom. The molecule has 7 nitrogen and oxygen atoms in total. The van der Waals surface area contributed by atoms with Gasteiger partial charge in [-0.15, -0.1) is 24.0 Å². The first-order chi connectivity index (χ1) is 14.6. The summed E-state index contributed by atoms with van der Waals surface area (Å²) in [5.74, 6) is 3.10. The summed E-state index contributed by atoms with van der Waals surface area (Å²) in [6.07, 6.45) is 5.80. The molecule has 0 aromatic heterocycles. The number of ether oxygens (including phenoxy) is 1. The monoisotopic (exact) mass is 541 g/mol. The Bertz CT molecular complexity index is 766. The molecule has 1 aromatic carbocycles. The minimum absolute atomic E-state index is 0. The second kappa shape index (κ2) is 11.4. The van der Waals surface area contributed by atoms with Gasteiger partial charge in [-0.25, -0.2) is 4.99 Å². The number of benzene rings is 1. The topological polar surface area (TPSA) is 83.2 Å². The summed E-state index contributed by atoms with van der Waals surface area (Å²) in [4.78, 5) is 20.9. The highest BCUT2D eigenvalue weighted by Crippen LogP contribution is 2.46. The zero-order chi connectivity index (χ0) is 20.9. The molecular weight excluding hydrogens is 505 g/mol. The summed E-state index contributed by atoms with van der Waals surface area (Å²) in [6.45, 7) is 7.75. The Morgan fingerprint density at radius 3 is 2.68 bits per heavy atom. The van der Waals surface area contributed by atoms with Crippen molar-refractivity contribution in [2.75, 3.05) is 39.3 Å². The van der Waals surface area contributed by atoms with Crippen molar-refractivity contribution in [3.05, 3.63) is 29.8 Å². The van der Waals surface area contributed by atoms with Gasteiger partial charge in [-0.3, -0.25) is 9.69 Å². The lowest BCUT2D eigenvalue weighted by atomic mass is 9.93. The summed E-state index contributed by atoms with van der Waals surface area (Å²) in [7, 11) is 0. The lowest BCUT2D eigenvalue weighted by Gasteiger charge is -2.42. The van der Waals surface area contributed by atoms with E-state index >= 15 is 0 Å². The van der Waals surface area contributed by atoms with E-state index in [1.54, 1.807) is 0 Å². The van der Waals surface area contributed by atoms with Gasteiger partial charge in [0.05, 0.1) is 6.54 Å². The second-order valence-electron chi connectivity index (χ2n) is 8.84. The number of nitrogens with two attached hydrogens (primary N) is 1. The Labute approximate surface area is 202 Å². The third-order valence-corrected chi connectivity index (χ3v) is 6.81. The van der Waals surface area contributed by atoms with E-state index in [0.29, 0.717) is 12.3 Å².